The molecule has 0 aliphatic carbocycles. The summed E-state index contributed by atoms with van der Waals surface area (Å²) in [4.78, 5) is 16.6. The summed E-state index contributed by atoms with van der Waals surface area (Å²) < 4.78 is 15.0. The van der Waals surface area contributed by atoms with E-state index in [0.717, 1.165) is 15.7 Å². The highest BCUT2D eigenvalue weighted by atomic mass is 35.5. The molecule has 2 aromatic heterocycles. The topological polar surface area (TPSA) is 34.4 Å². The summed E-state index contributed by atoms with van der Waals surface area (Å²) in [7, 11) is 0. The van der Waals surface area contributed by atoms with Gasteiger partial charge in [0.1, 0.15) is 20.7 Å². The third-order valence-electron chi connectivity index (χ3n) is 2.36. The Kier molecular flexibility index (Phi) is 2.36. The smallest absolute Gasteiger partial charge is 0.268 e. The molecule has 0 fully saturated rings. The van der Waals surface area contributed by atoms with Crippen molar-refractivity contribution in [1.29, 1.82) is 0 Å². The zero-order chi connectivity index (χ0) is 12.2. The molecule has 0 atom stereocenters. The molecular weight excluding hydrogens is 286 g/mol. The zero-order valence-electron chi connectivity index (χ0n) is 8.08. The lowest BCUT2D eigenvalue weighted by Gasteiger charge is -1.99. The van der Waals surface area contributed by atoms with Gasteiger partial charge in [0.15, 0.2) is 4.96 Å². The van der Waals surface area contributed by atoms with Crippen LogP contribution in [0.5, 0.6) is 0 Å². The normalized spacial score (nSPS) is 11.5. The van der Waals surface area contributed by atoms with Gasteiger partial charge in [0.2, 0.25) is 0 Å². The first-order valence-electron chi connectivity index (χ1n) is 4.54. The van der Waals surface area contributed by atoms with Gasteiger partial charge in [0.05, 0.1) is 5.52 Å². The summed E-state index contributed by atoms with van der Waals surface area (Å²) in [5.74, 6) is -0.618. The van der Waals surface area contributed by atoms with Crippen molar-refractivity contribution in [3.8, 4) is 0 Å². The number of nitrogens with zero attached hydrogens (tertiary/aromatic N) is 2. The summed E-state index contributed by atoms with van der Waals surface area (Å²) >= 11 is 12.8. The van der Waals surface area contributed by atoms with Crippen molar-refractivity contribution in [2.24, 2.45) is 0 Å². The van der Waals surface area contributed by atoms with Gasteiger partial charge in [-0.15, -0.1) is 0 Å². The molecule has 1 aromatic carbocycles. The molecular formula is C10H3Cl2FN2OS. The first-order valence-corrected chi connectivity index (χ1v) is 6.11. The van der Waals surface area contributed by atoms with Gasteiger partial charge in [0.25, 0.3) is 5.56 Å². The van der Waals surface area contributed by atoms with Crippen LogP contribution >= 0.6 is 34.5 Å². The number of hydrogen-bond acceptors (Lipinski definition) is 3. The van der Waals surface area contributed by atoms with Gasteiger partial charge in [0, 0.05) is 0 Å². The number of fused-ring (bicyclic) bond motifs is 2. The molecule has 0 unspecified atom stereocenters. The fourth-order valence-corrected chi connectivity index (χ4v) is 2.98. The molecule has 0 bridgehead atoms. The van der Waals surface area contributed by atoms with Crippen molar-refractivity contribution in [1.82, 2.24) is 9.38 Å². The second kappa shape index (κ2) is 3.66. The lowest BCUT2D eigenvalue weighted by Crippen LogP contribution is -2.15. The van der Waals surface area contributed by atoms with E-state index in [1.165, 1.54) is 12.1 Å². The van der Waals surface area contributed by atoms with Gasteiger partial charge >= 0.3 is 0 Å². The Morgan fingerprint density at radius 2 is 2.12 bits per heavy atom. The number of benzene rings is 1. The third-order valence-corrected chi connectivity index (χ3v) is 4.16. The van der Waals surface area contributed by atoms with Crippen molar-refractivity contribution in [3.63, 3.8) is 0 Å². The van der Waals surface area contributed by atoms with Gasteiger partial charge in [-0.25, -0.2) is 13.8 Å². The van der Waals surface area contributed by atoms with Crippen LogP contribution < -0.4 is 5.56 Å². The van der Waals surface area contributed by atoms with Crippen molar-refractivity contribution >= 4 is 50.4 Å². The molecule has 7 heteroatoms. The minimum Gasteiger partial charge on any atom is -0.268 e. The van der Waals surface area contributed by atoms with Crippen molar-refractivity contribution < 1.29 is 4.39 Å². The lowest BCUT2D eigenvalue weighted by atomic mass is 10.2. The van der Waals surface area contributed by atoms with Crippen LogP contribution in [0.2, 0.25) is 9.49 Å². The summed E-state index contributed by atoms with van der Waals surface area (Å²) in [5, 5.41) is -0.0179. The Labute approximate surface area is 108 Å². The minimum absolute atomic E-state index is 0.0642. The van der Waals surface area contributed by atoms with Crippen LogP contribution in [0.15, 0.2) is 23.0 Å². The second-order valence-corrected chi connectivity index (χ2v) is 5.27. The number of thiazole rings is 1. The highest BCUT2D eigenvalue weighted by molar-refractivity contribution is 7.21. The average molecular weight is 289 g/mol. The highest BCUT2D eigenvalue weighted by Gasteiger charge is 2.15. The molecule has 2 heterocycles. The third kappa shape index (κ3) is 1.46. The van der Waals surface area contributed by atoms with Gasteiger partial charge in [-0.2, -0.15) is 0 Å². The monoisotopic (exact) mass is 288 g/mol. The first kappa shape index (κ1) is 11.0. The number of rotatable bonds is 0. The number of aromatic nitrogens is 2. The maximum Gasteiger partial charge on any atom is 0.270 e. The summed E-state index contributed by atoms with van der Waals surface area (Å²) in [5.41, 5.74) is -0.249. The molecule has 86 valence electrons. The largest absolute Gasteiger partial charge is 0.270 e. The van der Waals surface area contributed by atoms with E-state index in [4.69, 9.17) is 23.2 Å². The van der Waals surface area contributed by atoms with Crippen molar-refractivity contribution in [3.05, 3.63) is 43.9 Å². The molecule has 17 heavy (non-hydrogen) atoms. The van der Waals surface area contributed by atoms with Crippen LogP contribution in [-0.2, 0) is 0 Å². The number of halogens is 3. The molecule has 0 N–H and O–H groups in total. The lowest BCUT2D eigenvalue weighted by molar-refractivity contribution is 0.638. The molecule has 0 saturated heterocycles. The van der Waals surface area contributed by atoms with Crippen molar-refractivity contribution in [2.75, 3.05) is 0 Å². The highest BCUT2D eigenvalue weighted by Crippen LogP contribution is 2.30. The van der Waals surface area contributed by atoms with E-state index >= 15 is 0 Å². The maximum atomic E-state index is 13.6. The minimum atomic E-state index is -0.618. The molecule has 0 aliphatic rings. The fourth-order valence-electron chi connectivity index (χ4n) is 1.62. The Morgan fingerprint density at radius 3 is 2.88 bits per heavy atom. The summed E-state index contributed by atoms with van der Waals surface area (Å²) in [6, 6.07) is 4.28. The van der Waals surface area contributed by atoms with E-state index in [1.807, 2.05) is 0 Å². The SMILES string of the molecule is O=c1c2c(F)cccc2nc2sc(Cl)c(Cl)n12. The van der Waals surface area contributed by atoms with E-state index in [9.17, 15) is 9.18 Å². The van der Waals surface area contributed by atoms with E-state index in [-0.39, 0.29) is 14.9 Å². The Hall–Kier alpha value is -1.17. The predicted molar refractivity (Wildman–Crippen MR) is 66.8 cm³/mol. The first-order chi connectivity index (χ1) is 8.09. The quantitative estimate of drug-likeness (QED) is 0.636. The van der Waals surface area contributed by atoms with Gasteiger partial charge in [-0.05, 0) is 12.1 Å². The summed E-state index contributed by atoms with van der Waals surface area (Å²) in [6.07, 6.45) is 0. The molecule has 3 nitrogen and oxygen atoms in total. The van der Waals surface area contributed by atoms with Crippen LogP contribution in [0.1, 0.15) is 0 Å². The molecule has 0 amide bonds. The molecule has 0 spiro atoms. The second-order valence-electron chi connectivity index (χ2n) is 3.34. The van der Waals surface area contributed by atoms with Gasteiger partial charge in [-0.3, -0.25) is 4.79 Å². The molecule has 0 aliphatic heterocycles. The van der Waals surface area contributed by atoms with Gasteiger partial charge < -0.3 is 0 Å². The van der Waals surface area contributed by atoms with Crippen LogP contribution in [0, 0.1) is 5.82 Å². The maximum absolute atomic E-state index is 13.6. The van der Waals surface area contributed by atoms with Crippen LogP contribution in [0.4, 0.5) is 4.39 Å². The Balaban J connectivity index is 2.68. The standard InChI is InChI=1S/C10H3Cl2FN2OS/c11-7-8(12)17-10-14-5-3-1-2-4(13)6(5)9(16)15(7)10/h1-3H. The molecule has 3 rings (SSSR count). The average Bonchev–Trinajstić information content (AvgIpc) is 2.55. The molecule has 0 radical (unpaired) electrons. The Morgan fingerprint density at radius 1 is 1.35 bits per heavy atom. The Bertz CT molecular complexity index is 811. The van der Waals surface area contributed by atoms with E-state index in [0.29, 0.717) is 10.5 Å². The van der Waals surface area contributed by atoms with E-state index in [2.05, 4.69) is 4.98 Å². The van der Waals surface area contributed by atoms with E-state index in [1.54, 1.807) is 6.07 Å². The van der Waals surface area contributed by atoms with Crippen LogP contribution in [0.3, 0.4) is 0 Å². The van der Waals surface area contributed by atoms with Crippen LogP contribution in [-0.4, -0.2) is 9.38 Å². The van der Waals surface area contributed by atoms with E-state index < -0.39 is 11.4 Å². The van der Waals surface area contributed by atoms with Crippen molar-refractivity contribution in [2.45, 2.75) is 0 Å². The van der Waals surface area contributed by atoms with Crippen LogP contribution in [0.25, 0.3) is 15.9 Å². The number of hydrogen-bond donors (Lipinski definition) is 0. The van der Waals surface area contributed by atoms with Gasteiger partial charge in [-0.1, -0.05) is 40.6 Å². The molecule has 3 aromatic rings. The fraction of sp³-hybridized carbons (Fsp3) is 0. The molecule has 0 saturated carbocycles. The zero-order valence-corrected chi connectivity index (χ0v) is 10.4. The summed E-state index contributed by atoms with van der Waals surface area (Å²) in [6.45, 7) is 0. The predicted octanol–water partition coefficient (Wildman–Crippen LogP) is 3.36.